The van der Waals surface area contributed by atoms with Gasteiger partial charge in [-0.1, -0.05) is 58.7 Å². The molecule has 0 spiro atoms. The molecule has 1 aliphatic heterocycles. The lowest BCUT2D eigenvalue weighted by Crippen LogP contribution is -2.26. The average molecular weight is 808 g/mol. The normalized spacial score (nSPS) is 15.5. The zero-order valence-electron chi connectivity index (χ0n) is 25.1. The van der Waals surface area contributed by atoms with Gasteiger partial charge in [-0.15, -0.1) is 0 Å². The number of halogens is 9. The number of carbonyl (C=O) groups is 3. The monoisotopic (exact) mass is 806 g/mol. The molecule has 266 valence electrons. The lowest BCUT2D eigenvalue weighted by Gasteiger charge is -2.20. The van der Waals surface area contributed by atoms with Crippen molar-refractivity contribution in [3.05, 3.63) is 140 Å². The Balaban J connectivity index is 0.000000283. The maximum absolute atomic E-state index is 14.1. The van der Waals surface area contributed by atoms with E-state index >= 15 is 0 Å². The molecule has 0 saturated heterocycles. The van der Waals surface area contributed by atoms with E-state index in [4.69, 9.17) is 33.0 Å². The summed E-state index contributed by atoms with van der Waals surface area (Å²) in [5, 5.41) is 19.7. The number of carboxylic acid groups (broad SMARTS) is 1. The van der Waals surface area contributed by atoms with E-state index in [0.29, 0.717) is 39.9 Å². The predicted molar refractivity (Wildman–Crippen MR) is 180 cm³/mol. The fourth-order valence-electron chi connectivity index (χ4n) is 4.39. The van der Waals surface area contributed by atoms with E-state index in [2.05, 4.69) is 15.9 Å². The van der Waals surface area contributed by atoms with Gasteiger partial charge in [0.25, 0.3) is 0 Å². The zero-order chi connectivity index (χ0) is 36.8. The number of Topliss-reactive ketones (excluding diaryl/α,β-unsaturated/α-hetero) is 1. The smallest absolute Gasteiger partial charge is 0.342 e. The van der Waals surface area contributed by atoms with Crippen LogP contribution in [0.1, 0.15) is 48.3 Å². The summed E-state index contributed by atoms with van der Waals surface area (Å²) in [4.78, 5) is 33.5. The van der Waals surface area contributed by atoms with Gasteiger partial charge in [-0.25, -0.2) is 31.1 Å². The number of aliphatic hydroxyl groups is 1. The number of esters is 1. The summed E-state index contributed by atoms with van der Waals surface area (Å²) in [7, 11) is 0. The van der Waals surface area contributed by atoms with Gasteiger partial charge in [0.05, 0.1) is 22.4 Å². The molecule has 0 amide bonds. The van der Waals surface area contributed by atoms with E-state index < -0.39 is 75.7 Å². The van der Waals surface area contributed by atoms with Crippen molar-refractivity contribution < 1.29 is 55.7 Å². The molecule has 0 aliphatic carbocycles. The van der Waals surface area contributed by atoms with Crippen LogP contribution in [0.25, 0.3) is 11.1 Å². The van der Waals surface area contributed by atoms with Crippen LogP contribution in [0.15, 0.2) is 72.8 Å². The first-order chi connectivity index (χ1) is 22.8. The molecule has 0 saturated carbocycles. The average Bonchev–Trinajstić information content (AvgIpc) is 3.23. The Kier molecular flexibility index (Phi) is 14.8. The highest BCUT2D eigenvalue weighted by atomic mass is 79.9. The van der Waals surface area contributed by atoms with Crippen LogP contribution in [0, 0.1) is 34.9 Å². The van der Waals surface area contributed by atoms with Crippen molar-refractivity contribution in [3.8, 4) is 0 Å². The molecule has 0 aromatic heterocycles. The molecule has 0 bridgehead atoms. The maximum Gasteiger partial charge on any atom is 0.342 e. The number of ketones is 1. The van der Waals surface area contributed by atoms with Crippen LogP contribution < -0.4 is 0 Å². The Labute approximate surface area is 301 Å². The number of ether oxygens (including phenoxy) is 1. The Morgan fingerprint density at radius 3 is 1.66 bits per heavy atom. The minimum Gasteiger partial charge on any atom is -0.481 e. The second-order valence-electron chi connectivity index (χ2n) is 10.3. The topological polar surface area (TPSA) is 101 Å². The Bertz CT molecular complexity index is 1870. The van der Waals surface area contributed by atoms with E-state index in [1.54, 1.807) is 31.2 Å². The minimum absolute atomic E-state index is 0. The summed E-state index contributed by atoms with van der Waals surface area (Å²) in [5.41, 5.74) is -1.05. The molecule has 5 rings (SSSR count). The number of carboxylic acids is 1. The van der Waals surface area contributed by atoms with Crippen LogP contribution in [0.5, 0.6) is 0 Å². The molecule has 1 aliphatic rings. The molecular formula is C35H27BrCl2F6O6. The Morgan fingerprint density at radius 1 is 0.820 bits per heavy atom. The fraction of sp³-hybridized carbons (Fsp3) is 0.171. The van der Waals surface area contributed by atoms with Crippen LogP contribution in [-0.2, 0) is 20.7 Å². The van der Waals surface area contributed by atoms with E-state index in [9.17, 15) is 45.8 Å². The van der Waals surface area contributed by atoms with Crippen LogP contribution in [0.3, 0.4) is 0 Å². The number of hydrogen-bond acceptors (Lipinski definition) is 5. The molecule has 6 nitrogen and oxygen atoms in total. The van der Waals surface area contributed by atoms with Gasteiger partial charge in [0.2, 0.25) is 5.79 Å². The molecule has 0 fully saturated rings. The van der Waals surface area contributed by atoms with Crippen LogP contribution >= 0.6 is 39.1 Å². The summed E-state index contributed by atoms with van der Waals surface area (Å²) < 4.78 is 84.0. The molecule has 0 radical (unpaired) electrons. The summed E-state index contributed by atoms with van der Waals surface area (Å²) >= 11 is 14.7. The Morgan fingerprint density at radius 2 is 1.24 bits per heavy atom. The first-order valence-corrected chi connectivity index (χ1v) is 15.4. The van der Waals surface area contributed by atoms with Crippen molar-refractivity contribution in [2.24, 2.45) is 0 Å². The number of aliphatic carboxylic acids is 1. The lowest BCUT2D eigenvalue weighted by atomic mass is 9.91. The molecule has 15 heteroatoms. The van der Waals surface area contributed by atoms with Crippen molar-refractivity contribution >= 4 is 68.0 Å². The highest BCUT2D eigenvalue weighted by Gasteiger charge is 2.45. The molecular weight excluding hydrogens is 781 g/mol. The summed E-state index contributed by atoms with van der Waals surface area (Å²) in [5.74, 6) is -11.6. The highest BCUT2D eigenvalue weighted by Crippen LogP contribution is 2.44. The highest BCUT2D eigenvalue weighted by molar-refractivity contribution is 9.10. The van der Waals surface area contributed by atoms with Crippen molar-refractivity contribution in [3.63, 3.8) is 0 Å². The van der Waals surface area contributed by atoms with Crippen molar-refractivity contribution in [2.75, 3.05) is 0 Å². The number of rotatable bonds is 6. The SMILES string of the molecule is C.CC(Br)C(=O)c1ccc(Cl)cc1.CC1(O)OC(=O)C(c2c(F)cc(F)cc2F)=C1c1ccc(Cl)cc1.O=C(O)Cc1c(F)cc(F)cc1F. The third kappa shape index (κ3) is 10.7. The fourth-order valence-corrected chi connectivity index (χ4v) is 4.91. The van der Waals surface area contributed by atoms with Gasteiger partial charge in [0.15, 0.2) is 5.78 Å². The number of benzene rings is 4. The predicted octanol–water partition coefficient (Wildman–Crippen LogP) is 9.61. The van der Waals surface area contributed by atoms with Gasteiger partial charge in [0, 0.05) is 57.9 Å². The molecule has 2 N–H and O–H groups in total. The van der Waals surface area contributed by atoms with Gasteiger partial charge in [-0.2, -0.15) is 0 Å². The molecule has 2 unspecified atom stereocenters. The third-order valence-corrected chi connectivity index (χ3v) is 7.44. The first-order valence-electron chi connectivity index (χ1n) is 13.7. The minimum atomic E-state index is -2.10. The standard InChI is InChI=1S/C17H10ClF3O3.C9H8BrClO.C8H5F3O2.CH4/c1-17(23)15(8-2-4-9(18)5-3-8)14(16(22)24-17)13-11(20)6-10(19)7-12(13)21;1-6(10)9(12)7-2-4-8(11)5-3-7;9-4-1-6(10)5(3-8(12)13)7(11)2-4;/h2-7,23H,1H3;2-6H,1H3;1-2H,3H2,(H,12,13);1H4. The van der Waals surface area contributed by atoms with Gasteiger partial charge in [-0.3, -0.25) is 9.59 Å². The first kappa shape index (κ1) is 42.0. The number of cyclic esters (lactones) is 1. The molecule has 4 aromatic carbocycles. The van der Waals surface area contributed by atoms with Gasteiger partial charge < -0.3 is 14.9 Å². The lowest BCUT2D eigenvalue weighted by molar-refractivity contribution is -0.169. The molecule has 2 atom stereocenters. The van der Waals surface area contributed by atoms with E-state index in [-0.39, 0.29) is 29.2 Å². The second kappa shape index (κ2) is 17.7. The summed E-state index contributed by atoms with van der Waals surface area (Å²) in [6.07, 6.45) is -0.794. The van der Waals surface area contributed by atoms with Gasteiger partial charge in [0.1, 0.15) is 34.9 Å². The Hall–Kier alpha value is -4.17. The summed E-state index contributed by atoms with van der Waals surface area (Å²) in [6, 6.07) is 14.6. The van der Waals surface area contributed by atoms with Crippen molar-refractivity contribution in [2.45, 2.75) is 38.3 Å². The molecule has 1 heterocycles. The number of hydrogen-bond donors (Lipinski definition) is 2. The van der Waals surface area contributed by atoms with Crippen molar-refractivity contribution in [1.82, 2.24) is 0 Å². The summed E-state index contributed by atoms with van der Waals surface area (Å²) in [6.45, 7) is 2.97. The number of carbonyl (C=O) groups excluding carboxylic acids is 2. The zero-order valence-corrected chi connectivity index (χ0v) is 28.2. The quantitative estimate of drug-likeness (QED) is 0.0872. The largest absolute Gasteiger partial charge is 0.481 e. The van der Waals surface area contributed by atoms with Crippen LogP contribution in [0.4, 0.5) is 26.3 Å². The van der Waals surface area contributed by atoms with Crippen molar-refractivity contribution in [1.29, 1.82) is 0 Å². The maximum atomic E-state index is 14.1. The van der Waals surface area contributed by atoms with E-state index in [1.807, 2.05) is 0 Å². The number of alkyl halides is 1. The van der Waals surface area contributed by atoms with Gasteiger partial charge >= 0.3 is 11.9 Å². The van der Waals surface area contributed by atoms with Crippen LogP contribution in [0.2, 0.25) is 10.0 Å². The van der Waals surface area contributed by atoms with E-state index in [1.165, 1.54) is 31.2 Å². The molecule has 4 aromatic rings. The third-order valence-electron chi connectivity index (χ3n) is 6.52. The van der Waals surface area contributed by atoms with Crippen LogP contribution in [-0.4, -0.2) is 38.5 Å². The van der Waals surface area contributed by atoms with E-state index in [0.717, 1.165) is 0 Å². The molecule has 50 heavy (non-hydrogen) atoms. The second-order valence-corrected chi connectivity index (χ2v) is 12.5. The van der Waals surface area contributed by atoms with Gasteiger partial charge in [-0.05, 0) is 48.9 Å².